The predicted molar refractivity (Wildman–Crippen MR) is 144 cm³/mol. The van der Waals surface area contributed by atoms with Gasteiger partial charge in [-0.15, -0.1) is 5.10 Å². The first-order chi connectivity index (χ1) is 18.5. The van der Waals surface area contributed by atoms with Crippen molar-refractivity contribution in [1.82, 2.24) is 15.0 Å². The number of aryl methyl sites for hydroxylation is 1. The molecule has 0 saturated carbocycles. The minimum Gasteiger partial charge on any atom is -0.494 e. The van der Waals surface area contributed by atoms with Crippen LogP contribution in [0, 0.1) is 11.2 Å². The van der Waals surface area contributed by atoms with Crippen molar-refractivity contribution < 1.29 is 27.4 Å². The van der Waals surface area contributed by atoms with E-state index in [9.17, 15) is 27.5 Å². The van der Waals surface area contributed by atoms with Crippen LogP contribution in [-0.2, 0) is 27.6 Å². The van der Waals surface area contributed by atoms with Crippen molar-refractivity contribution in [3.8, 4) is 16.9 Å². The number of carbonyl (C=O) groups is 1. The second-order valence-corrected chi connectivity index (χ2v) is 11.7. The molecule has 11 heteroatoms. The number of fused-ring (bicyclic) bond motifs is 1. The quantitative estimate of drug-likeness (QED) is 0.395. The van der Waals surface area contributed by atoms with E-state index in [1.54, 1.807) is 12.1 Å². The van der Waals surface area contributed by atoms with Gasteiger partial charge in [0.25, 0.3) is 5.56 Å². The van der Waals surface area contributed by atoms with Crippen molar-refractivity contribution in [3.05, 3.63) is 76.0 Å². The van der Waals surface area contributed by atoms with Crippen molar-refractivity contribution in [1.29, 1.82) is 0 Å². The summed E-state index contributed by atoms with van der Waals surface area (Å²) in [5, 5.41) is 16.0. The summed E-state index contributed by atoms with van der Waals surface area (Å²) in [5.41, 5.74) is 1.46. The lowest BCUT2D eigenvalue weighted by molar-refractivity contribution is -0.136. The van der Waals surface area contributed by atoms with Crippen LogP contribution in [0.2, 0.25) is 0 Å². The number of nitrogens with zero attached hydrogens (tertiary/aromatic N) is 3. The van der Waals surface area contributed by atoms with Gasteiger partial charge in [-0.25, -0.2) is 17.5 Å². The zero-order chi connectivity index (χ0) is 28.4. The van der Waals surface area contributed by atoms with Crippen LogP contribution in [-0.4, -0.2) is 46.8 Å². The standard InChI is InChI=1S/C28H30FN3O6S/c1-4-28(5-2)14-12-23-21(17-28)26(33)32(31-30-23)15-13-25(27(34)35)39(36,37)20-9-6-18(7-10-20)19-8-11-24(38-3)22(29)16-19/h6-12,14,16,25H,4-5,13,15,17H2,1-3H3,(H,34,35). The summed E-state index contributed by atoms with van der Waals surface area (Å²) in [5.74, 6) is -2.02. The van der Waals surface area contributed by atoms with E-state index >= 15 is 0 Å². The van der Waals surface area contributed by atoms with Crippen LogP contribution >= 0.6 is 0 Å². The maximum absolute atomic E-state index is 14.1. The van der Waals surface area contributed by atoms with Crippen molar-refractivity contribution >= 4 is 21.9 Å². The number of aliphatic carboxylic acids is 1. The molecule has 1 aliphatic rings. The van der Waals surface area contributed by atoms with E-state index in [-0.39, 0.29) is 29.0 Å². The third-order valence-electron chi connectivity index (χ3n) is 7.52. The number of rotatable bonds is 10. The molecule has 0 amide bonds. The number of allylic oxidation sites excluding steroid dienone is 1. The molecule has 3 aromatic rings. The molecule has 206 valence electrons. The number of aromatic nitrogens is 3. The summed E-state index contributed by atoms with van der Waals surface area (Å²) < 4.78 is 46.6. The Balaban J connectivity index is 1.56. The van der Waals surface area contributed by atoms with Gasteiger partial charge < -0.3 is 9.84 Å². The van der Waals surface area contributed by atoms with Gasteiger partial charge in [-0.1, -0.05) is 43.3 Å². The molecule has 0 aliphatic heterocycles. The van der Waals surface area contributed by atoms with E-state index in [4.69, 9.17) is 4.74 Å². The topological polar surface area (TPSA) is 128 Å². The zero-order valence-corrected chi connectivity index (χ0v) is 22.7. The molecule has 9 nitrogen and oxygen atoms in total. The van der Waals surface area contributed by atoms with Gasteiger partial charge in [-0.3, -0.25) is 9.59 Å². The largest absolute Gasteiger partial charge is 0.494 e. The van der Waals surface area contributed by atoms with E-state index in [0.717, 1.165) is 17.5 Å². The highest BCUT2D eigenvalue weighted by atomic mass is 32.2. The zero-order valence-electron chi connectivity index (χ0n) is 21.9. The van der Waals surface area contributed by atoms with Crippen LogP contribution in [0.15, 0.2) is 58.2 Å². The van der Waals surface area contributed by atoms with E-state index < -0.39 is 32.4 Å². The third-order valence-corrected chi connectivity index (χ3v) is 9.63. The third kappa shape index (κ3) is 5.49. The Morgan fingerprint density at radius 3 is 2.41 bits per heavy atom. The summed E-state index contributed by atoms with van der Waals surface area (Å²) in [6.45, 7) is 3.87. The first kappa shape index (κ1) is 28.2. The molecule has 0 radical (unpaired) electrons. The summed E-state index contributed by atoms with van der Waals surface area (Å²) in [7, 11) is -2.96. The number of hydrogen-bond donors (Lipinski definition) is 1. The number of sulfone groups is 1. The first-order valence-corrected chi connectivity index (χ1v) is 14.2. The molecule has 1 aromatic heterocycles. The Kier molecular flexibility index (Phi) is 8.01. The number of ether oxygens (including phenoxy) is 1. The number of benzene rings is 2. The summed E-state index contributed by atoms with van der Waals surface area (Å²) in [6, 6.07) is 9.89. The van der Waals surface area contributed by atoms with Gasteiger partial charge in [0.2, 0.25) is 0 Å². The monoisotopic (exact) mass is 555 g/mol. The Bertz CT molecular complexity index is 1580. The van der Waals surface area contributed by atoms with Gasteiger partial charge in [-0.2, -0.15) is 0 Å². The van der Waals surface area contributed by atoms with Gasteiger partial charge in [-0.05, 0) is 72.6 Å². The van der Waals surface area contributed by atoms with E-state index in [2.05, 4.69) is 30.2 Å². The molecule has 1 heterocycles. The highest BCUT2D eigenvalue weighted by Gasteiger charge is 2.35. The van der Waals surface area contributed by atoms with Crippen LogP contribution in [0.25, 0.3) is 17.2 Å². The van der Waals surface area contributed by atoms with Gasteiger partial charge in [0, 0.05) is 12.1 Å². The molecule has 0 bridgehead atoms. The van der Waals surface area contributed by atoms with Crippen LogP contribution in [0.3, 0.4) is 0 Å². The fourth-order valence-corrected chi connectivity index (χ4v) is 6.34. The molecular formula is C28H30FN3O6S. The van der Waals surface area contributed by atoms with E-state index in [0.29, 0.717) is 28.8 Å². The molecule has 1 unspecified atom stereocenters. The van der Waals surface area contributed by atoms with Gasteiger partial charge in [0.15, 0.2) is 26.7 Å². The minimum absolute atomic E-state index is 0.0801. The minimum atomic E-state index is -4.31. The van der Waals surface area contributed by atoms with Crippen molar-refractivity contribution in [3.63, 3.8) is 0 Å². The normalized spacial score (nSPS) is 15.0. The van der Waals surface area contributed by atoms with Gasteiger partial charge >= 0.3 is 5.97 Å². The lowest BCUT2D eigenvalue weighted by Gasteiger charge is -2.31. The maximum Gasteiger partial charge on any atom is 0.322 e. The molecule has 0 spiro atoms. The van der Waals surface area contributed by atoms with Crippen LogP contribution < -0.4 is 10.3 Å². The number of carboxylic acid groups (broad SMARTS) is 1. The van der Waals surface area contributed by atoms with Crippen LogP contribution in [0.5, 0.6) is 5.75 Å². The first-order valence-electron chi connectivity index (χ1n) is 12.6. The average Bonchev–Trinajstić information content (AvgIpc) is 2.94. The van der Waals surface area contributed by atoms with Gasteiger partial charge in [0.1, 0.15) is 0 Å². The SMILES string of the molecule is CCC1(CC)C=Cc2nnn(CCC(C(=O)O)S(=O)(=O)c3ccc(-c4ccc(OC)c(F)c4)cc3)c(=O)c2C1. The summed E-state index contributed by atoms with van der Waals surface area (Å²) >= 11 is 0. The second-order valence-electron chi connectivity index (χ2n) is 9.60. The van der Waals surface area contributed by atoms with E-state index in [1.165, 1.54) is 43.5 Å². The summed E-state index contributed by atoms with van der Waals surface area (Å²) in [6.07, 6.45) is 5.64. The summed E-state index contributed by atoms with van der Waals surface area (Å²) in [4.78, 5) is 25.0. The number of hydrogen-bond acceptors (Lipinski definition) is 7. The van der Waals surface area contributed by atoms with Crippen molar-refractivity contribution in [2.45, 2.75) is 56.2 Å². The lowest BCUT2D eigenvalue weighted by atomic mass is 9.74. The van der Waals surface area contributed by atoms with Gasteiger partial charge in [0.05, 0.1) is 17.7 Å². The molecule has 1 N–H and O–H groups in total. The fraction of sp³-hybridized carbons (Fsp3) is 0.357. The predicted octanol–water partition coefficient (Wildman–Crippen LogP) is 4.15. The average molecular weight is 556 g/mol. The molecule has 4 rings (SSSR count). The highest BCUT2D eigenvalue weighted by Crippen LogP contribution is 2.36. The second kappa shape index (κ2) is 11.1. The van der Waals surface area contributed by atoms with Crippen molar-refractivity contribution in [2.75, 3.05) is 7.11 Å². The smallest absolute Gasteiger partial charge is 0.322 e. The fourth-order valence-electron chi connectivity index (χ4n) is 4.82. The highest BCUT2D eigenvalue weighted by molar-refractivity contribution is 7.92. The Hall–Kier alpha value is -3.86. The van der Waals surface area contributed by atoms with E-state index in [1.807, 2.05) is 0 Å². The number of methoxy groups -OCH3 is 1. The maximum atomic E-state index is 14.1. The molecule has 39 heavy (non-hydrogen) atoms. The Morgan fingerprint density at radius 1 is 1.15 bits per heavy atom. The molecule has 0 saturated heterocycles. The number of halogens is 1. The molecule has 1 aliphatic carbocycles. The van der Waals surface area contributed by atoms with Crippen molar-refractivity contribution in [2.24, 2.45) is 5.41 Å². The van der Waals surface area contributed by atoms with Crippen LogP contribution in [0.4, 0.5) is 4.39 Å². The molecule has 1 atom stereocenters. The lowest BCUT2D eigenvalue weighted by Crippen LogP contribution is -2.37. The van der Waals surface area contributed by atoms with Crippen LogP contribution in [0.1, 0.15) is 44.4 Å². The number of carboxylic acids is 1. The molecule has 2 aromatic carbocycles. The molecular weight excluding hydrogens is 525 g/mol. The Morgan fingerprint density at radius 2 is 1.82 bits per heavy atom. The molecule has 0 fully saturated rings. The Labute approximate surface area is 225 Å².